The zero-order chi connectivity index (χ0) is 15.1. The summed E-state index contributed by atoms with van der Waals surface area (Å²) in [6.45, 7) is 2.48. The summed E-state index contributed by atoms with van der Waals surface area (Å²) in [5, 5.41) is 0. The van der Waals surface area contributed by atoms with E-state index in [0.29, 0.717) is 6.54 Å². The molecule has 108 valence electrons. The molecule has 2 aromatic carbocycles. The molecular weight excluding hydrogens is 278 g/mol. The van der Waals surface area contributed by atoms with Gasteiger partial charge in [-0.25, -0.2) is 0 Å². The van der Waals surface area contributed by atoms with E-state index in [4.69, 9.17) is 10.5 Å². The highest BCUT2D eigenvalue weighted by Crippen LogP contribution is 2.27. The maximum absolute atomic E-state index is 5.46. The van der Waals surface area contributed by atoms with Gasteiger partial charge in [-0.15, -0.1) is 11.8 Å². The minimum Gasteiger partial charge on any atom is -0.497 e. The van der Waals surface area contributed by atoms with Gasteiger partial charge in [0.25, 0.3) is 0 Å². The highest BCUT2D eigenvalue weighted by Gasteiger charge is 2.04. The number of hydrogen-bond acceptors (Lipinski definition) is 3. The van der Waals surface area contributed by atoms with E-state index < -0.39 is 0 Å². The normalized spacial score (nSPS) is 9.86. The molecule has 0 amide bonds. The maximum Gasteiger partial charge on any atom is 0.119 e. The summed E-state index contributed by atoms with van der Waals surface area (Å²) in [4.78, 5) is 1.26. The molecule has 2 rings (SSSR count). The molecule has 0 aliphatic carbocycles. The summed E-state index contributed by atoms with van der Waals surface area (Å²) < 4.78 is 5.30. The Morgan fingerprint density at radius 2 is 2.05 bits per heavy atom. The fourth-order valence-electron chi connectivity index (χ4n) is 1.95. The van der Waals surface area contributed by atoms with Gasteiger partial charge in [0.1, 0.15) is 5.75 Å². The van der Waals surface area contributed by atoms with Crippen molar-refractivity contribution in [3.05, 3.63) is 59.2 Å². The van der Waals surface area contributed by atoms with E-state index in [9.17, 15) is 0 Å². The van der Waals surface area contributed by atoms with E-state index in [2.05, 4.69) is 43.0 Å². The molecule has 0 radical (unpaired) electrons. The molecule has 2 aromatic rings. The molecule has 0 fully saturated rings. The quantitative estimate of drug-likeness (QED) is 0.691. The van der Waals surface area contributed by atoms with Gasteiger partial charge < -0.3 is 10.5 Å². The van der Waals surface area contributed by atoms with Crippen molar-refractivity contribution >= 4 is 11.8 Å². The molecular formula is C18H19NOS. The Kier molecular flexibility index (Phi) is 5.74. The highest BCUT2D eigenvalue weighted by atomic mass is 32.2. The van der Waals surface area contributed by atoms with Gasteiger partial charge in [-0.3, -0.25) is 0 Å². The Labute approximate surface area is 130 Å². The van der Waals surface area contributed by atoms with Crippen molar-refractivity contribution < 1.29 is 4.74 Å². The lowest BCUT2D eigenvalue weighted by Crippen LogP contribution is -1.95. The number of rotatable bonds is 4. The summed E-state index contributed by atoms with van der Waals surface area (Å²) in [5.41, 5.74) is 8.92. The second kappa shape index (κ2) is 7.78. The summed E-state index contributed by atoms with van der Waals surface area (Å²) in [6.07, 6.45) is 0. The first-order valence-corrected chi connectivity index (χ1v) is 7.77. The molecule has 2 N–H and O–H groups in total. The molecule has 0 atom stereocenters. The molecule has 0 bridgehead atoms. The van der Waals surface area contributed by atoms with Crippen LogP contribution in [-0.4, -0.2) is 13.7 Å². The number of ether oxygens (including phenoxy) is 1. The topological polar surface area (TPSA) is 35.2 Å². The van der Waals surface area contributed by atoms with Gasteiger partial charge in [-0.1, -0.05) is 29.5 Å². The first-order chi connectivity index (χ1) is 10.2. The Morgan fingerprint density at radius 1 is 1.19 bits per heavy atom. The van der Waals surface area contributed by atoms with Crippen LogP contribution >= 0.6 is 11.8 Å². The highest BCUT2D eigenvalue weighted by molar-refractivity contribution is 7.98. The van der Waals surface area contributed by atoms with Crippen LogP contribution in [0.15, 0.2) is 47.4 Å². The van der Waals surface area contributed by atoms with E-state index in [0.717, 1.165) is 17.1 Å². The van der Waals surface area contributed by atoms with Crippen LogP contribution in [0.3, 0.4) is 0 Å². The van der Waals surface area contributed by atoms with E-state index in [-0.39, 0.29) is 0 Å². The standard InChI is InChI=1S/C18H19NOS/c1-14-5-3-7-18(11-14)21-13-16-12-17(20-2)9-8-15(16)6-4-10-19/h3,5,7-9,11-12H,10,13,19H2,1-2H3. The van der Waals surface area contributed by atoms with Crippen LogP contribution in [0.2, 0.25) is 0 Å². The van der Waals surface area contributed by atoms with Crippen LogP contribution in [0.4, 0.5) is 0 Å². The molecule has 0 saturated carbocycles. The first kappa shape index (κ1) is 15.5. The third-order valence-corrected chi connectivity index (χ3v) is 4.06. The van der Waals surface area contributed by atoms with E-state index in [1.807, 2.05) is 18.2 Å². The SMILES string of the molecule is COc1ccc(C#CCN)c(CSc2cccc(C)c2)c1. The first-order valence-electron chi connectivity index (χ1n) is 6.78. The van der Waals surface area contributed by atoms with Gasteiger partial charge in [0, 0.05) is 16.2 Å². The number of nitrogens with two attached hydrogens (primary N) is 1. The molecule has 0 saturated heterocycles. The number of aryl methyl sites for hydroxylation is 1. The van der Waals surface area contributed by atoms with Gasteiger partial charge in [-0.2, -0.15) is 0 Å². The minimum atomic E-state index is 0.372. The third kappa shape index (κ3) is 4.56. The molecule has 0 aliphatic rings. The van der Waals surface area contributed by atoms with Gasteiger partial charge >= 0.3 is 0 Å². The van der Waals surface area contributed by atoms with Crippen LogP contribution in [0, 0.1) is 18.8 Å². The number of benzene rings is 2. The van der Waals surface area contributed by atoms with Crippen molar-refractivity contribution in [1.82, 2.24) is 0 Å². The Morgan fingerprint density at radius 3 is 2.76 bits per heavy atom. The summed E-state index contributed by atoms with van der Waals surface area (Å²) in [5.74, 6) is 7.76. The fourth-order valence-corrected chi connectivity index (χ4v) is 2.96. The van der Waals surface area contributed by atoms with Crippen LogP contribution in [0.25, 0.3) is 0 Å². The number of thioether (sulfide) groups is 1. The zero-order valence-corrected chi connectivity index (χ0v) is 13.2. The van der Waals surface area contributed by atoms with Gasteiger partial charge in [0.05, 0.1) is 13.7 Å². The maximum atomic E-state index is 5.46. The van der Waals surface area contributed by atoms with Gasteiger partial charge in [0.2, 0.25) is 0 Å². The summed E-state index contributed by atoms with van der Waals surface area (Å²) >= 11 is 1.80. The van der Waals surface area contributed by atoms with E-state index >= 15 is 0 Å². The Bertz CT molecular complexity index is 670. The van der Waals surface area contributed by atoms with Crippen molar-refractivity contribution in [3.8, 4) is 17.6 Å². The average Bonchev–Trinajstić information content (AvgIpc) is 2.51. The van der Waals surface area contributed by atoms with Crippen molar-refractivity contribution in [2.75, 3.05) is 13.7 Å². The number of methoxy groups -OCH3 is 1. The predicted molar refractivity (Wildman–Crippen MR) is 89.7 cm³/mol. The molecule has 0 aromatic heterocycles. The second-order valence-corrected chi connectivity index (χ2v) is 5.68. The fraction of sp³-hybridized carbons (Fsp3) is 0.222. The molecule has 0 unspecified atom stereocenters. The largest absolute Gasteiger partial charge is 0.497 e. The number of hydrogen-bond donors (Lipinski definition) is 1. The Hall–Kier alpha value is -1.89. The molecule has 0 aliphatic heterocycles. The monoisotopic (exact) mass is 297 g/mol. The van der Waals surface area contributed by atoms with Crippen LogP contribution in [0.1, 0.15) is 16.7 Å². The lowest BCUT2D eigenvalue weighted by atomic mass is 10.1. The van der Waals surface area contributed by atoms with E-state index in [1.165, 1.54) is 16.0 Å². The predicted octanol–water partition coefficient (Wildman–Crippen LogP) is 3.61. The van der Waals surface area contributed by atoms with Crippen molar-refractivity contribution in [3.63, 3.8) is 0 Å². The molecule has 3 heteroatoms. The molecule has 0 spiro atoms. The smallest absolute Gasteiger partial charge is 0.119 e. The van der Waals surface area contributed by atoms with Gasteiger partial charge in [0.15, 0.2) is 0 Å². The van der Waals surface area contributed by atoms with Crippen molar-refractivity contribution in [1.29, 1.82) is 0 Å². The molecule has 21 heavy (non-hydrogen) atoms. The van der Waals surface area contributed by atoms with Gasteiger partial charge in [-0.05, 0) is 42.8 Å². The molecule has 0 heterocycles. The summed E-state index contributed by atoms with van der Waals surface area (Å²) in [6, 6.07) is 14.5. The average molecular weight is 297 g/mol. The summed E-state index contributed by atoms with van der Waals surface area (Å²) in [7, 11) is 1.68. The minimum absolute atomic E-state index is 0.372. The Balaban J connectivity index is 2.20. The van der Waals surface area contributed by atoms with Crippen LogP contribution in [-0.2, 0) is 5.75 Å². The van der Waals surface area contributed by atoms with Crippen LogP contribution in [0.5, 0.6) is 5.75 Å². The second-order valence-electron chi connectivity index (χ2n) is 4.63. The zero-order valence-electron chi connectivity index (χ0n) is 12.3. The van der Waals surface area contributed by atoms with Crippen LogP contribution < -0.4 is 10.5 Å². The lowest BCUT2D eigenvalue weighted by molar-refractivity contribution is 0.414. The van der Waals surface area contributed by atoms with E-state index in [1.54, 1.807) is 18.9 Å². The molecule has 2 nitrogen and oxygen atoms in total. The van der Waals surface area contributed by atoms with Crippen molar-refractivity contribution in [2.45, 2.75) is 17.6 Å². The van der Waals surface area contributed by atoms with Crippen molar-refractivity contribution in [2.24, 2.45) is 5.73 Å². The lowest BCUT2D eigenvalue weighted by Gasteiger charge is -2.08. The third-order valence-electron chi connectivity index (χ3n) is 3.02.